The lowest BCUT2D eigenvalue weighted by atomic mass is 9.93. The van der Waals surface area contributed by atoms with E-state index in [0.717, 1.165) is 67.8 Å². The molecule has 0 saturated carbocycles. The van der Waals surface area contributed by atoms with Gasteiger partial charge in [-0.1, -0.05) is 41.9 Å². The first kappa shape index (κ1) is 32.5. The highest BCUT2D eigenvalue weighted by Crippen LogP contribution is 2.44. The minimum Gasteiger partial charge on any atom is -0.493 e. The Morgan fingerprint density at radius 3 is 2.55 bits per heavy atom. The third kappa shape index (κ3) is 7.68. The zero-order valence-electron chi connectivity index (χ0n) is 25.7. The predicted molar refractivity (Wildman–Crippen MR) is 173 cm³/mol. The number of aliphatic hydroxyl groups is 3. The number of halogens is 1. The maximum Gasteiger partial charge on any atom is 0.142 e. The highest BCUT2D eigenvalue weighted by atomic mass is 35.5. The lowest BCUT2D eigenvalue weighted by Crippen LogP contribution is -2.35. The maximum atomic E-state index is 9.76. The summed E-state index contributed by atoms with van der Waals surface area (Å²) in [7, 11) is 0. The molecule has 8 nitrogen and oxygen atoms in total. The number of rotatable bonds is 15. The zero-order chi connectivity index (χ0) is 31.1. The van der Waals surface area contributed by atoms with E-state index in [1.54, 1.807) is 0 Å². The van der Waals surface area contributed by atoms with E-state index in [1.165, 1.54) is 16.7 Å². The molecule has 1 fully saturated rings. The molecule has 3 aromatic carbocycles. The van der Waals surface area contributed by atoms with E-state index < -0.39 is 6.04 Å². The van der Waals surface area contributed by atoms with Gasteiger partial charge in [0.25, 0.3) is 0 Å². The molecule has 0 amide bonds. The van der Waals surface area contributed by atoms with E-state index in [4.69, 9.17) is 25.8 Å². The second kappa shape index (κ2) is 15.4. The molecule has 0 aromatic heterocycles. The molecule has 3 aromatic rings. The lowest BCUT2D eigenvalue weighted by Gasteiger charge is -2.20. The van der Waals surface area contributed by atoms with E-state index in [0.29, 0.717) is 36.3 Å². The Balaban J connectivity index is 1.29. The fraction of sp³-hybridized carbons (Fsp3) is 0.486. The van der Waals surface area contributed by atoms with Gasteiger partial charge in [0, 0.05) is 37.8 Å². The molecule has 2 aliphatic rings. The molecule has 238 valence electrons. The topological polar surface area (TPSA) is 104 Å². The molecule has 5 rings (SSSR count). The standard InChI is InChI=1S/C35H45ClN2O6/c1-3-42-34-18-35(31(36)17-24(34)19-37-25(21-39)22-40)44-33-12-11-29-28(8-4-9-30(29)33)27-7-5-10-32(23(27)2)43-16-6-14-38-15-13-26(41)20-38/h4-5,7-10,17-18,25-26,33,37,39-41H,3,6,11-16,19-22H2,1-2H3/t26-,33+/m1/s1. The van der Waals surface area contributed by atoms with Crippen molar-refractivity contribution >= 4 is 11.6 Å². The number of likely N-dealkylation sites (tertiary alicyclic amines) is 1. The zero-order valence-corrected chi connectivity index (χ0v) is 26.5. The fourth-order valence-electron chi connectivity index (χ4n) is 6.23. The SMILES string of the molecule is CCOc1cc(O[C@H]2CCc3c(-c4cccc(OCCCN5CC[C@@H](O)C5)c4C)cccc32)c(Cl)cc1CNC(CO)CO. The molecule has 2 atom stereocenters. The molecule has 44 heavy (non-hydrogen) atoms. The monoisotopic (exact) mass is 624 g/mol. The second-order valence-corrected chi connectivity index (χ2v) is 12.1. The second-order valence-electron chi connectivity index (χ2n) is 11.7. The van der Waals surface area contributed by atoms with Crippen molar-refractivity contribution in [3.63, 3.8) is 0 Å². The van der Waals surface area contributed by atoms with Crippen LogP contribution in [0.2, 0.25) is 5.02 Å². The molecule has 1 aliphatic carbocycles. The van der Waals surface area contributed by atoms with Gasteiger partial charge >= 0.3 is 0 Å². The number of hydrogen-bond acceptors (Lipinski definition) is 8. The molecule has 9 heteroatoms. The average Bonchev–Trinajstić information content (AvgIpc) is 3.64. The van der Waals surface area contributed by atoms with Gasteiger partial charge in [-0.15, -0.1) is 0 Å². The summed E-state index contributed by atoms with van der Waals surface area (Å²) in [4.78, 5) is 2.30. The molecule has 0 spiro atoms. The highest BCUT2D eigenvalue weighted by molar-refractivity contribution is 6.32. The number of fused-ring (bicyclic) bond motifs is 1. The summed E-state index contributed by atoms with van der Waals surface area (Å²) >= 11 is 6.72. The van der Waals surface area contributed by atoms with Crippen LogP contribution in [0.3, 0.4) is 0 Å². The smallest absolute Gasteiger partial charge is 0.142 e. The Labute approximate surface area is 265 Å². The minimum absolute atomic E-state index is 0.141. The molecule has 1 aliphatic heterocycles. The Bertz CT molecular complexity index is 1400. The van der Waals surface area contributed by atoms with Gasteiger partial charge in [-0.3, -0.25) is 0 Å². The summed E-state index contributed by atoms with van der Waals surface area (Å²) < 4.78 is 18.7. The summed E-state index contributed by atoms with van der Waals surface area (Å²) in [5.74, 6) is 2.13. The quantitative estimate of drug-likeness (QED) is 0.174. The van der Waals surface area contributed by atoms with Crippen molar-refractivity contribution in [1.82, 2.24) is 10.2 Å². The van der Waals surface area contributed by atoms with Crippen molar-refractivity contribution in [2.45, 2.75) is 64.3 Å². The van der Waals surface area contributed by atoms with Crippen LogP contribution >= 0.6 is 11.6 Å². The van der Waals surface area contributed by atoms with Gasteiger partial charge in [0.15, 0.2) is 0 Å². The highest BCUT2D eigenvalue weighted by Gasteiger charge is 2.28. The molecule has 1 saturated heterocycles. The summed E-state index contributed by atoms with van der Waals surface area (Å²) in [6.45, 7) is 7.89. The summed E-state index contributed by atoms with van der Waals surface area (Å²) in [6.07, 6.45) is 3.18. The molecule has 0 radical (unpaired) electrons. The van der Waals surface area contributed by atoms with E-state index in [9.17, 15) is 15.3 Å². The van der Waals surface area contributed by atoms with Crippen LogP contribution in [0.1, 0.15) is 54.5 Å². The first-order valence-electron chi connectivity index (χ1n) is 15.7. The van der Waals surface area contributed by atoms with Gasteiger partial charge in [0.05, 0.1) is 43.6 Å². The van der Waals surface area contributed by atoms with Crippen molar-refractivity contribution in [3.8, 4) is 28.4 Å². The number of nitrogens with zero attached hydrogens (tertiary/aromatic N) is 1. The van der Waals surface area contributed by atoms with Crippen molar-refractivity contribution in [1.29, 1.82) is 0 Å². The van der Waals surface area contributed by atoms with Gasteiger partial charge < -0.3 is 39.7 Å². The van der Waals surface area contributed by atoms with Crippen LogP contribution in [-0.4, -0.2) is 78.4 Å². The van der Waals surface area contributed by atoms with Gasteiger partial charge in [-0.25, -0.2) is 0 Å². The third-order valence-electron chi connectivity index (χ3n) is 8.62. The number of β-amino-alcohol motifs (C(OH)–C–C–N with tert-alkyl or cyclic N) is 1. The lowest BCUT2D eigenvalue weighted by molar-refractivity contribution is 0.170. The largest absolute Gasteiger partial charge is 0.493 e. The fourth-order valence-corrected chi connectivity index (χ4v) is 6.46. The van der Waals surface area contributed by atoms with E-state index >= 15 is 0 Å². The Hall–Kier alpha value is -2.85. The van der Waals surface area contributed by atoms with Gasteiger partial charge in [-0.05, 0) is 79.5 Å². The number of ether oxygens (including phenoxy) is 3. The predicted octanol–water partition coefficient (Wildman–Crippen LogP) is 5.06. The van der Waals surface area contributed by atoms with Crippen LogP contribution in [-0.2, 0) is 13.0 Å². The van der Waals surface area contributed by atoms with Crippen molar-refractivity contribution in [3.05, 3.63) is 75.8 Å². The molecular weight excluding hydrogens is 580 g/mol. The van der Waals surface area contributed by atoms with Gasteiger partial charge in [0.2, 0.25) is 0 Å². The average molecular weight is 625 g/mol. The minimum atomic E-state index is -0.421. The normalized spacial score (nSPS) is 18.2. The summed E-state index contributed by atoms with van der Waals surface area (Å²) in [5, 5.41) is 32.2. The van der Waals surface area contributed by atoms with Crippen molar-refractivity contribution in [2.24, 2.45) is 0 Å². The number of hydrogen-bond donors (Lipinski definition) is 4. The van der Waals surface area contributed by atoms with Crippen molar-refractivity contribution < 1.29 is 29.5 Å². The molecule has 0 bridgehead atoms. The van der Waals surface area contributed by atoms with E-state index in [1.807, 2.05) is 25.1 Å². The molecular formula is C35H45ClN2O6. The van der Waals surface area contributed by atoms with Crippen LogP contribution < -0.4 is 19.5 Å². The van der Waals surface area contributed by atoms with Crippen LogP contribution in [0.4, 0.5) is 0 Å². The number of nitrogens with one attached hydrogen (secondary N) is 1. The first-order chi connectivity index (χ1) is 21.4. The van der Waals surface area contributed by atoms with Crippen LogP contribution in [0.5, 0.6) is 17.2 Å². The summed E-state index contributed by atoms with van der Waals surface area (Å²) in [5.41, 5.74) is 6.77. The van der Waals surface area contributed by atoms with Crippen LogP contribution in [0.15, 0.2) is 48.5 Å². The number of benzene rings is 3. The van der Waals surface area contributed by atoms with E-state index in [-0.39, 0.29) is 25.4 Å². The van der Waals surface area contributed by atoms with Crippen molar-refractivity contribution in [2.75, 3.05) is 46.1 Å². The summed E-state index contributed by atoms with van der Waals surface area (Å²) in [6, 6.07) is 15.9. The van der Waals surface area contributed by atoms with Crippen LogP contribution in [0, 0.1) is 6.92 Å². The van der Waals surface area contributed by atoms with Gasteiger partial charge in [0.1, 0.15) is 23.4 Å². The number of aliphatic hydroxyl groups excluding tert-OH is 3. The Morgan fingerprint density at radius 2 is 1.80 bits per heavy atom. The molecule has 0 unspecified atom stereocenters. The third-order valence-corrected chi connectivity index (χ3v) is 8.92. The Morgan fingerprint density at radius 1 is 1.00 bits per heavy atom. The van der Waals surface area contributed by atoms with Gasteiger partial charge in [-0.2, -0.15) is 0 Å². The molecule has 1 heterocycles. The molecule has 4 N–H and O–H groups in total. The Kier molecular flexibility index (Phi) is 11.4. The van der Waals surface area contributed by atoms with E-state index in [2.05, 4.69) is 47.5 Å². The first-order valence-corrected chi connectivity index (χ1v) is 16.1. The maximum absolute atomic E-state index is 9.76. The van der Waals surface area contributed by atoms with Crippen LogP contribution in [0.25, 0.3) is 11.1 Å².